The second kappa shape index (κ2) is 13.0. The van der Waals surface area contributed by atoms with Crippen LogP contribution in [0.3, 0.4) is 0 Å². The molecule has 0 saturated heterocycles. The van der Waals surface area contributed by atoms with Gasteiger partial charge in [-0.3, -0.25) is 9.36 Å². The van der Waals surface area contributed by atoms with E-state index in [4.69, 9.17) is 25.8 Å². The molecule has 0 bridgehead atoms. The lowest BCUT2D eigenvalue weighted by Gasteiger charge is -2.24. The van der Waals surface area contributed by atoms with Crippen molar-refractivity contribution in [2.75, 3.05) is 13.7 Å². The number of aromatic nitrogens is 1. The fraction of sp³-hybridized carbons (Fsp3) is 0.188. The number of esters is 1. The van der Waals surface area contributed by atoms with E-state index in [0.717, 1.165) is 10.0 Å². The molecule has 11 heteroatoms. The highest BCUT2D eigenvalue weighted by Crippen LogP contribution is 2.37. The summed E-state index contributed by atoms with van der Waals surface area (Å²) < 4.78 is 19.7. The largest absolute Gasteiger partial charge is 0.493 e. The molecule has 3 aromatic carbocycles. The molecule has 43 heavy (non-hydrogen) atoms. The molecule has 0 amide bonds. The second-order valence-corrected chi connectivity index (χ2v) is 11.8. The number of thiazole rings is 1. The predicted octanol–water partition coefficient (Wildman–Crippen LogP) is 5.67. The fourth-order valence-corrected chi connectivity index (χ4v) is 6.36. The molecule has 0 radical (unpaired) electrons. The van der Waals surface area contributed by atoms with E-state index < -0.39 is 12.0 Å². The van der Waals surface area contributed by atoms with Crippen LogP contribution in [0.2, 0.25) is 5.02 Å². The first kappa shape index (κ1) is 30.3. The van der Waals surface area contributed by atoms with Crippen molar-refractivity contribution in [2.45, 2.75) is 26.5 Å². The first-order valence-corrected chi connectivity index (χ1v) is 15.2. The first-order chi connectivity index (χ1) is 20.7. The van der Waals surface area contributed by atoms with Gasteiger partial charge in [0.15, 0.2) is 16.3 Å². The van der Waals surface area contributed by atoms with E-state index >= 15 is 0 Å². The number of ether oxygens (including phenoxy) is 3. The molecule has 0 aliphatic carbocycles. The molecule has 0 N–H and O–H groups in total. The molecule has 1 aromatic heterocycles. The summed E-state index contributed by atoms with van der Waals surface area (Å²) >= 11 is 11.3. The average Bonchev–Trinajstić information content (AvgIpc) is 3.30. The Morgan fingerprint density at radius 2 is 1.95 bits per heavy atom. The second-order valence-electron chi connectivity index (χ2n) is 9.45. The molecule has 8 nitrogen and oxygen atoms in total. The lowest BCUT2D eigenvalue weighted by Crippen LogP contribution is -2.39. The Hall–Kier alpha value is -4.17. The minimum Gasteiger partial charge on any atom is -0.493 e. The Morgan fingerprint density at radius 3 is 2.65 bits per heavy atom. The first-order valence-electron chi connectivity index (χ1n) is 13.2. The van der Waals surface area contributed by atoms with Crippen molar-refractivity contribution in [3.05, 3.63) is 123 Å². The van der Waals surface area contributed by atoms with Gasteiger partial charge in [-0.05, 0) is 61.4 Å². The van der Waals surface area contributed by atoms with Crippen molar-refractivity contribution in [1.29, 1.82) is 5.26 Å². The van der Waals surface area contributed by atoms with Crippen molar-refractivity contribution in [3.8, 4) is 17.6 Å². The summed E-state index contributed by atoms with van der Waals surface area (Å²) in [5.41, 5.74) is 3.07. The van der Waals surface area contributed by atoms with Crippen LogP contribution in [0.4, 0.5) is 0 Å². The van der Waals surface area contributed by atoms with Gasteiger partial charge in [-0.15, -0.1) is 0 Å². The maximum atomic E-state index is 13.9. The predicted molar refractivity (Wildman–Crippen MR) is 168 cm³/mol. The molecule has 0 spiro atoms. The molecule has 1 unspecified atom stereocenters. The quantitative estimate of drug-likeness (QED) is 0.223. The van der Waals surface area contributed by atoms with Gasteiger partial charge in [0, 0.05) is 10.0 Å². The Kier molecular flexibility index (Phi) is 9.16. The number of carbonyl (C=O) groups excluding carboxylic acids is 1. The number of carbonyl (C=O) groups is 1. The third-order valence-corrected chi connectivity index (χ3v) is 8.55. The topological polar surface area (TPSA) is 103 Å². The third-order valence-electron chi connectivity index (χ3n) is 6.76. The number of nitriles is 1. The molecule has 0 saturated carbocycles. The van der Waals surface area contributed by atoms with E-state index in [-0.39, 0.29) is 23.8 Å². The van der Waals surface area contributed by atoms with Crippen LogP contribution >= 0.6 is 38.9 Å². The third kappa shape index (κ3) is 6.15. The summed E-state index contributed by atoms with van der Waals surface area (Å²) in [6.45, 7) is 3.79. The Balaban J connectivity index is 1.57. The van der Waals surface area contributed by atoms with Crippen LogP contribution in [0.5, 0.6) is 11.5 Å². The summed E-state index contributed by atoms with van der Waals surface area (Å²) in [7, 11) is 1.50. The lowest BCUT2D eigenvalue weighted by molar-refractivity contribution is -0.139. The number of nitrogens with zero attached hydrogens (tertiary/aromatic N) is 3. The van der Waals surface area contributed by atoms with Crippen LogP contribution in [0, 0.1) is 11.3 Å². The van der Waals surface area contributed by atoms with Crippen LogP contribution in [0.15, 0.2) is 86.2 Å². The molecule has 1 aliphatic rings. The highest BCUT2D eigenvalue weighted by Gasteiger charge is 2.33. The van der Waals surface area contributed by atoms with Gasteiger partial charge in [-0.2, -0.15) is 5.26 Å². The van der Waals surface area contributed by atoms with Crippen LogP contribution in [-0.4, -0.2) is 24.3 Å². The van der Waals surface area contributed by atoms with Crippen LogP contribution < -0.4 is 24.4 Å². The van der Waals surface area contributed by atoms with Crippen LogP contribution in [0.1, 0.15) is 42.1 Å². The minimum absolute atomic E-state index is 0.121. The maximum Gasteiger partial charge on any atom is 0.338 e. The Labute approximate surface area is 264 Å². The number of benzene rings is 3. The molecule has 5 rings (SSSR count). The van der Waals surface area contributed by atoms with E-state index in [9.17, 15) is 14.9 Å². The standard InChI is InChI=1S/C32H25BrClN3O5S/c1-4-41-31(39)27-18(2)36-32-37(28(27)20-9-11-23(33)12-10-20)30(38)26(43-32)15-19-13-24(34)29(25(14-19)40-3)42-17-22-8-6-5-7-21(22)16-35/h5-15,28H,4,17H2,1-3H3/b26-15-. The molecule has 1 aliphatic heterocycles. The number of hydrogen-bond acceptors (Lipinski definition) is 8. The Bertz CT molecular complexity index is 1980. The van der Waals surface area contributed by atoms with Crippen LogP contribution in [0.25, 0.3) is 6.08 Å². The summed E-state index contributed by atoms with van der Waals surface area (Å²) in [5.74, 6) is 0.171. The molecule has 218 valence electrons. The number of allylic oxidation sites excluding steroid dienone is 1. The van der Waals surface area contributed by atoms with Crippen molar-refractivity contribution in [2.24, 2.45) is 4.99 Å². The van der Waals surface area contributed by atoms with Gasteiger partial charge >= 0.3 is 5.97 Å². The summed E-state index contributed by atoms with van der Waals surface area (Å²) in [6.07, 6.45) is 1.70. The van der Waals surface area contributed by atoms with Crippen molar-refractivity contribution >= 4 is 50.9 Å². The SMILES string of the molecule is CCOC(=O)C1=C(C)N=c2s/c(=C\c3cc(Cl)c(OCc4ccccc4C#N)c(OC)c3)c(=O)n2C1c1ccc(Br)cc1. The number of rotatable bonds is 8. The smallest absolute Gasteiger partial charge is 0.338 e. The molecule has 2 heterocycles. The highest BCUT2D eigenvalue weighted by atomic mass is 79.9. The van der Waals surface area contributed by atoms with Gasteiger partial charge in [-0.25, -0.2) is 9.79 Å². The van der Waals surface area contributed by atoms with Gasteiger partial charge in [0.05, 0.1) is 52.2 Å². The zero-order chi connectivity index (χ0) is 30.7. The summed E-state index contributed by atoms with van der Waals surface area (Å²) in [4.78, 5) is 32.1. The number of fused-ring (bicyclic) bond motifs is 1. The van der Waals surface area contributed by atoms with E-state index in [2.05, 4.69) is 27.0 Å². The Morgan fingerprint density at radius 1 is 1.21 bits per heavy atom. The molecule has 4 aromatic rings. The van der Waals surface area contributed by atoms with Crippen LogP contribution in [-0.2, 0) is 16.1 Å². The van der Waals surface area contributed by atoms with E-state index in [1.807, 2.05) is 36.4 Å². The monoisotopic (exact) mass is 677 g/mol. The van der Waals surface area contributed by atoms with Gasteiger partial charge in [0.2, 0.25) is 0 Å². The maximum absolute atomic E-state index is 13.9. The van der Waals surface area contributed by atoms with E-state index in [1.165, 1.54) is 23.0 Å². The minimum atomic E-state index is -0.712. The van der Waals surface area contributed by atoms with Crippen molar-refractivity contribution in [3.63, 3.8) is 0 Å². The zero-order valence-corrected chi connectivity index (χ0v) is 26.5. The molecule has 0 fully saturated rings. The lowest BCUT2D eigenvalue weighted by atomic mass is 9.96. The number of methoxy groups -OCH3 is 1. The molecular weight excluding hydrogens is 654 g/mol. The fourth-order valence-electron chi connectivity index (χ4n) is 4.77. The number of hydrogen-bond donors (Lipinski definition) is 0. The van der Waals surface area contributed by atoms with Crippen molar-refractivity contribution < 1.29 is 19.0 Å². The average molecular weight is 679 g/mol. The molecule has 1 atom stereocenters. The number of halogens is 2. The zero-order valence-electron chi connectivity index (χ0n) is 23.4. The van der Waals surface area contributed by atoms with Crippen molar-refractivity contribution in [1.82, 2.24) is 4.57 Å². The van der Waals surface area contributed by atoms with E-state index in [0.29, 0.717) is 48.8 Å². The van der Waals surface area contributed by atoms with Gasteiger partial charge in [0.25, 0.3) is 5.56 Å². The highest BCUT2D eigenvalue weighted by molar-refractivity contribution is 9.10. The summed E-state index contributed by atoms with van der Waals surface area (Å²) in [6, 6.07) is 19.4. The normalized spacial score (nSPS) is 14.5. The molecular formula is C32H25BrClN3O5S. The van der Waals surface area contributed by atoms with Gasteiger partial charge in [-0.1, -0.05) is 69.2 Å². The van der Waals surface area contributed by atoms with Gasteiger partial charge < -0.3 is 14.2 Å². The van der Waals surface area contributed by atoms with Gasteiger partial charge in [0.1, 0.15) is 6.61 Å². The van der Waals surface area contributed by atoms with E-state index in [1.54, 1.807) is 44.2 Å². The summed E-state index contributed by atoms with van der Waals surface area (Å²) in [5, 5.41) is 9.66.